The highest BCUT2D eigenvalue weighted by atomic mass is 16.5. The molecule has 146 valence electrons. The Labute approximate surface area is 164 Å². The van der Waals surface area contributed by atoms with E-state index in [-0.39, 0.29) is 24.0 Å². The zero-order valence-corrected chi connectivity index (χ0v) is 16.3. The van der Waals surface area contributed by atoms with E-state index in [2.05, 4.69) is 4.98 Å². The summed E-state index contributed by atoms with van der Waals surface area (Å²) in [6.45, 7) is 6.31. The number of aliphatic hydroxyl groups is 1. The Morgan fingerprint density at radius 3 is 2.39 bits per heavy atom. The second-order valence-electron chi connectivity index (χ2n) is 7.06. The molecule has 0 radical (unpaired) electrons. The normalized spacial score (nSPS) is 18.9. The van der Waals surface area contributed by atoms with Gasteiger partial charge in [-0.3, -0.25) is 14.6 Å². The van der Waals surface area contributed by atoms with Crippen molar-refractivity contribution in [3.05, 3.63) is 71.1 Å². The Morgan fingerprint density at radius 2 is 1.79 bits per heavy atom. The number of hydrogen-bond acceptors (Lipinski definition) is 5. The van der Waals surface area contributed by atoms with Gasteiger partial charge in [0.05, 0.1) is 24.3 Å². The number of benzene rings is 1. The van der Waals surface area contributed by atoms with E-state index in [0.717, 1.165) is 5.56 Å². The maximum Gasteiger partial charge on any atom is 0.295 e. The van der Waals surface area contributed by atoms with Crippen LogP contribution in [0.25, 0.3) is 5.76 Å². The maximum atomic E-state index is 12.8. The average Bonchev–Trinajstić information content (AvgIpc) is 2.93. The van der Waals surface area contributed by atoms with Crippen LogP contribution in [0.1, 0.15) is 36.6 Å². The lowest BCUT2D eigenvalue weighted by Crippen LogP contribution is -2.33. The molecule has 6 heteroatoms. The number of nitrogens with zero attached hydrogens (tertiary/aromatic N) is 2. The number of ether oxygens (including phenoxy) is 1. The fourth-order valence-electron chi connectivity index (χ4n) is 3.26. The average molecular weight is 380 g/mol. The Kier molecular flexibility index (Phi) is 5.90. The van der Waals surface area contributed by atoms with Crippen LogP contribution in [0.5, 0.6) is 0 Å². The molecule has 1 saturated heterocycles. The van der Waals surface area contributed by atoms with Crippen LogP contribution in [0.3, 0.4) is 0 Å². The molecule has 6 nitrogen and oxygen atoms in total. The first-order valence-electron chi connectivity index (χ1n) is 9.27. The van der Waals surface area contributed by atoms with Crippen LogP contribution in [0.4, 0.5) is 0 Å². The lowest BCUT2D eigenvalue weighted by atomic mass is 9.95. The van der Waals surface area contributed by atoms with Gasteiger partial charge in [-0.1, -0.05) is 29.8 Å². The van der Waals surface area contributed by atoms with Crippen LogP contribution in [-0.4, -0.2) is 45.9 Å². The fraction of sp³-hybridized carbons (Fsp3) is 0.318. The first-order valence-corrected chi connectivity index (χ1v) is 9.27. The van der Waals surface area contributed by atoms with Crippen LogP contribution < -0.4 is 0 Å². The molecule has 1 amide bonds. The second-order valence-corrected chi connectivity index (χ2v) is 7.06. The zero-order valence-electron chi connectivity index (χ0n) is 16.3. The van der Waals surface area contributed by atoms with E-state index in [1.807, 2.05) is 32.9 Å². The van der Waals surface area contributed by atoms with E-state index in [4.69, 9.17) is 4.74 Å². The second kappa shape index (κ2) is 8.35. The van der Waals surface area contributed by atoms with E-state index < -0.39 is 17.7 Å². The third-order valence-electron chi connectivity index (χ3n) is 4.67. The van der Waals surface area contributed by atoms with Gasteiger partial charge >= 0.3 is 0 Å². The summed E-state index contributed by atoms with van der Waals surface area (Å²) >= 11 is 0. The third-order valence-corrected chi connectivity index (χ3v) is 4.67. The van der Waals surface area contributed by atoms with Gasteiger partial charge in [-0.05, 0) is 38.5 Å². The van der Waals surface area contributed by atoms with Gasteiger partial charge in [0.2, 0.25) is 0 Å². The number of hydrogen-bond donors (Lipinski definition) is 1. The lowest BCUT2D eigenvalue weighted by molar-refractivity contribution is -0.140. The van der Waals surface area contributed by atoms with Crippen molar-refractivity contribution in [1.29, 1.82) is 0 Å². The third kappa shape index (κ3) is 3.97. The molecule has 1 N–H and O–H groups in total. The largest absolute Gasteiger partial charge is 0.507 e. The number of aryl methyl sites for hydroxylation is 1. The van der Waals surface area contributed by atoms with Crippen LogP contribution in [0.15, 0.2) is 54.4 Å². The van der Waals surface area contributed by atoms with Gasteiger partial charge in [-0.25, -0.2) is 0 Å². The molecule has 0 saturated carbocycles. The van der Waals surface area contributed by atoms with Crippen LogP contribution >= 0.6 is 0 Å². The van der Waals surface area contributed by atoms with Crippen molar-refractivity contribution in [3.8, 4) is 0 Å². The summed E-state index contributed by atoms with van der Waals surface area (Å²) in [5.41, 5.74) is 2.34. The molecule has 2 heterocycles. The predicted molar refractivity (Wildman–Crippen MR) is 106 cm³/mol. The molecule has 2 aromatic rings. The summed E-state index contributed by atoms with van der Waals surface area (Å²) in [7, 11) is 0. The van der Waals surface area contributed by atoms with Crippen molar-refractivity contribution in [3.63, 3.8) is 0 Å². The van der Waals surface area contributed by atoms with E-state index in [9.17, 15) is 14.7 Å². The summed E-state index contributed by atoms with van der Waals surface area (Å²) in [5.74, 6) is -1.50. The molecule has 1 aliphatic rings. The quantitative estimate of drug-likeness (QED) is 0.473. The Morgan fingerprint density at radius 1 is 1.14 bits per heavy atom. The van der Waals surface area contributed by atoms with Gasteiger partial charge in [-0.2, -0.15) is 0 Å². The maximum absolute atomic E-state index is 12.8. The molecular weight excluding hydrogens is 356 g/mol. The number of aromatic nitrogens is 1. The lowest BCUT2D eigenvalue weighted by Gasteiger charge is -2.25. The minimum absolute atomic E-state index is 0.0174. The Balaban J connectivity index is 2.06. The van der Waals surface area contributed by atoms with Crippen LogP contribution in [-0.2, 0) is 14.3 Å². The molecule has 0 bridgehead atoms. The van der Waals surface area contributed by atoms with E-state index >= 15 is 0 Å². The molecule has 0 aliphatic carbocycles. The highest BCUT2D eigenvalue weighted by molar-refractivity contribution is 6.46. The van der Waals surface area contributed by atoms with Crippen LogP contribution in [0.2, 0.25) is 0 Å². The number of carbonyl (C=O) groups is 2. The van der Waals surface area contributed by atoms with E-state index in [1.165, 1.54) is 4.90 Å². The van der Waals surface area contributed by atoms with Gasteiger partial charge in [0, 0.05) is 24.5 Å². The van der Waals surface area contributed by atoms with Crippen molar-refractivity contribution < 1.29 is 19.4 Å². The summed E-state index contributed by atoms with van der Waals surface area (Å²) in [4.78, 5) is 31.0. The highest BCUT2D eigenvalue weighted by Gasteiger charge is 2.45. The van der Waals surface area contributed by atoms with Crippen molar-refractivity contribution in [2.24, 2.45) is 0 Å². The number of amides is 1. The molecule has 1 atom stereocenters. The number of pyridine rings is 1. The summed E-state index contributed by atoms with van der Waals surface area (Å²) in [5, 5.41) is 10.9. The minimum Gasteiger partial charge on any atom is -0.507 e. The topological polar surface area (TPSA) is 79.7 Å². The first kappa shape index (κ1) is 19.8. The van der Waals surface area contributed by atoms with Crippen molar-refractivity contribution >= 4 is 17.4 Å². The monoisotopic (exact) mass is 380 g/mol. The van der Waals surface area contributed by atoms with E-state index in [1.54, 1.807) is 36.7 Å². The molecule has 1 unspecified atom stereocenters. The zero-order chi connectivity index (χ0) is 20.3. The molecular formula is C22H24N2O4. The number of Topliss-reactive ketones (excluding diaryl/α,β-unsaturated/α-hetero) is 1. The standard InChI is InChI=1S/C22H24N2O4/c1-14(2)28-13-12-24-19(16-8-10-23-11-9-16)18(21(26)22(24)27)20(25)17-6-4-15(3)5-7-17/h4-11,14,19,25H,12-13H2,1-3H3/b20-18-. The molecule has 3 rings (SSSR count). The Hall–Kier alpha value is -2.99. The van der Waals surface area contributed by atoms with Gasteiger partial charge in [-0.15, -0.1) is 0 Å². The summed E-state index contributed by atoms with van der Waals surface area (Å²) < 4.78 is 5.57. The fourth-order valence-corrected chi connectivity index (χ4v) is 3.26. The van der Waals surface area contributed by atoms with Gasteiger partial charge in [0.25, 0.3) is 11.7 Å². The minimum atomic E-state index is -0.690. The number of rotatable bonds is 6. The van der Waals surface area contributed by atoms with Crippen molar-refractivity contribution in [2.45, 2.75) is 32.9 Å². The molecule has 1 aromatic carbocycles. The number of carbonyl (C=O) groups excluding carboxylic acids is 2. The molecule has 1 fully saturated rings. The van der Waals surface area contributed by atoms with Crippen LogP contribution in [0, 0.1) is 6.92 Å². The molecule has 28 heavy (non-hydrogen) atoms. The number of ketones is 1. The van der Waals surface area contributed by atoms with E-state index in [0.29, 0.717) is 17.7 Å². The Bertz CT molecular complexity index is 889. The summed E-state index contributed by atoms with van der Waals surface area (Å²) in [6, 6.07) is 9.99. The molecule has 1 aliphatic heterocycles. The first-order chi connectivity index (χ1) is 13.4. The highest BCUT2D eigenvalue weighted by Crippen LogP contribution is 2.38. The van der Waals surface area contributed by atoms with Gasteiger partial charge in [0.15, 0.2) is 0 Å². The van der Waals surface area contributed by atoms with Crippen molar-refractivity contribution in [1.82, 2.24) is 9.88 Å². The smallest absolute Gasteiger partial charge is 0.295 e. The number of aliphatic hydroxyl groups excluding tert-OH is 1. The molecule has 1 aromatic heterocycles. The van der Waals surface area contributed by atoms with Gasteiger partial charge in [0.1, 0.15) is 5.76 Å². The SMILES string of the molecule is Cc1ccc(/C(O)=C2/C(=O)C(=O)N(CCOC(C)C)C2c2ccncc2)cc1. The van der Waals surface area contributed by atoms with Gasteiger partial charge < -0.3 is 14.7 Å². The summed E-state index contributed by atoms with van der Waals surface area (Å²) in [6.07, 6.45) is 3.22. The molecule has 0 spiro atoms. The number of likely N-dealkylation sites (tertiary alicyclic amines) is 1. The predicted octanol–water partition coefficient (Wildman–Crippen LogP) is 3.24. The van der Waals surface area contributed by atoms with Crippen molar-refractivity contribution in [2.75, 3.05) is 13.2 Å².